The van der Waals surface area contributed by atoms with Crippen LogP contribution in [0.2, 0.25) is 0 Å². The minimum absolute atomic E-state index is 0.210. The number of rotatable bonds is 8. The van der Waals surface area contributed by atoms with E-state index in [4.69, 9.17) is 25.9 Å². The lowest BCUT2D eigenvalue weighted by molar-refractivity contribution is -0.159. The fourth-order valence-electron chi connectivity index (χ4n) is 2.28. The molecule has 0 aliphatic rings. The molecule has 28 heavy (non-hydrogen) atoms. The third-order valence-corrected chi connectivity index (χ3v) is 3.75. The molecule has 2 aromatic rings. The molecular weight excluding hydrogens is 366 g/mol. The molecule has 2 atom stereocenters. The molecule has 2 rings (SSSR count). The van der Waals surface area contributed by atoms with Crippen LogP contribution in [-0.4, -0.2) is 40.2 Å². The number of nitrogens with two attached hydrogens (primary N) is 1. The summed E-state index contributed by atoms with van der Waals surface area (Å²) in [6.07, 6.45) is -1.71. The Morgan fingerprint density at radius 1 is 1.11 bits per heavy atom. The van der Waals surface area contributed by atoms with Crippen molar-refractivity contribution in [1.82, 2.24) is 0 Å². The van der Waals surface area contributed by atoms with Gasteiger partial charge < -0.3 is 26.0 Å². The van der Waals surface area contributed by atoms with Crippen molar-refractivity contribution >= 4 is 23.5 Å². The Balaban J connectivity index is 2.04. The minimum atomic E-state index is -1.71. The predicted octanol–water partition coefficient (Wildman–Crippen LogP) is 1.19. The smallest absolute Gasteiger partial charge is 0.335 e. The number of carboxylic acid groups (broad SMARTS) is 2. The molecule has 0 heterocycles. The molecule has 0 bridgehead atoms. The third-order valence-electron chi connectivity index (χ3n) is 3.75. The van der Waals surface area contributed by atoms with Crippen LogP contribution in [0.3, 0.4) is 0 Å². The molecule has 0 saturated heterocycles. The maximum absolute atomic E-state index is 12.3. The molecule has 0 aliphatic carbocycles. The van der Waals surface area contributed by atoms with Crippen LogP contribution < -0.4 is 11.1 Å². The maximum atomic E-state index is 12.3. The van der Waals surface area contributed by atoms with E-state index in [0.717, 1.165) is 0 Å². The van der Waals surface area contributed by atoms with Gasteiger partial charge in [0, 0.05) is 11.3 Å². The number of carbonyl (C=O) groups is 3. The Kier molecular flexibility index (Phi) is 6.81. The van der Waals surface area contributed by atoms with Crippen LogP contribution in [0.5, 0.6) is 0 Å². The second kappa shape index (κ2) is 9.27. The lowest BCUT2D eigenvalue weighted by Crippen LogP contribution is -2.47. The minimum Gasteiger partial charge on any atom is -0.480 e. The van der Waals surface area contributed by atoms with Gasteiger partial charge in [-0.25, -0.2) is 4.79 Å². The molecule has 0 unspecified atom stereocenters. The van der Waals surface area contributed by atoms with Crippen molar-refractivity contribution < 1.29 is 29.3 Å². The van der Waals surface area contributed by atoms with E-state index in [1.807, 2.05) is 6.07 Å². The van der Waals surface area contributed by atoms with Crippen LogP contribution in [0.1, 0.15) is 21.5 Å². The number of hydrogen-bond donors (Lipinski definition) is 4. The van der Waals surface area contributed by atoms with Crippen molar-refractivity contribution in [2.24, 2.45) is 5.73 Å². The first kappa shape index (κ1) is 20.6. The van der Waals surface area contributed by atoms with Crippen molar-refractivity contribution in [3.05, 3.63) is 65.2 Å². The zero-order valence-corrected chi connectivity index (χ0v) is 14.5. The van der Waals surface area contributed by atoms with E-state index in [2.05, 4.69) is 5.32 Å². The lowest BCUT2D eigenvalue weighted by atomic mass is 10.1. The number of benzene rings is 2. The van der Waals surface area contributed by atoms with Crippen molar-refractivity contribution in [2.45, 2.75) is 18.8 Å². The highest BCUT2D eigenvalue weighted by molar-refractivity contribution is 6.04. The molecule has 0 aromatic heterocycles. The van der Waals surface area contributed by atoms with Crippen LogP contribution in [0.25, 0.3) is 0 Å². The van der Waals surface area contributed by atoms with E-state index in [0.29, 0.717) is 22.4 Å². The molecule has 144 valence electrons. The number of anilines is 1. The molecule has 0 radical (unpaired) electrons. The number of ether oxygens (including phenoxy) is 1. The van der Waals surface area contributed by atoms with Crippen molar-refractivity contribution in [3.8, 4) is 6.07 Å². The molecule has 1 amide bonds. The predicted molar refractivity (Wildman–Crippen MR) is 97.4 cm³/mol. The topological polar surface area (TPSA) is 163 Å². The van der Waals surface area contributed by atoms with Gasteiger partial charge in [0.05, 0.1) is 18.2 Å². The van der Waals surface area contributed by atoms with E-state index in [1.165, 1.54) is 24.3 Å². The molecule has 5 N–H and O–H groups in total. The van der Waals surface area contributed by atoms with Gasteiger partial charge in [0.15, 0.2) is 6.10 Å². The quantitative estimate of drug-likeness (QED) is 0.528. The summed E-state index contributed by atoms with van der Waals surface area (Å²) in [6.45, 7) is -0.210. The largest absolute Gasteiger partial charge is 0.480 e. The number of nitrogens with zero attached hydrogens (tertiary/aromatic N) is 1. The van der Waals surface area contributed by atoms with Gasteiger partial charge in [-0.15, -0.1) is 0 Å². The fourth-order valence-corrected chi connectivity index (χ4v) is 2.28. The van der Waals surface area contributed by atoms with Crippen LogP contribution in [0.15, 0.2) is 48.5 Å². The highest BCUT2D eigenvalue weighted by Gasteiger charge is 2.31. The molecular formula is C19H17N3O6. The van der Waals surface area contributed by atoms with Gasteiger partial charge in [-0.3, -0.25) is 9.59 Å². The summed E-state index contributed by atoms with van der Waals surface area (Å²) < 4.78 is 5.13. The number of aliphatic carboxylic acids is 2. The first-order valence-corrected chi connectivity index (χ1v) is 8.05. The Hall–Kier alpha value is -3.74. The summed E-state index contributed by atoms with van der Waals surface area (Å²) in [5.74, 6) is -3.37. The first-order chi connectivity index (χ1) is 13.3. The van der Waals surface area contributed by atoms with Gasteiger partial charge in [-0.05, 0) is 42.0 Å². The summed E-state index contributed by atoms with van der Waals surface area (Å²) in [7, 11) is 0. The van der Waals surface area contributed by atoms with Crippen molar-refractivity contribution in [3.63, 3.8) is 0 Å². The lowest BCUT2D eigenvalue weighted by Gasteiger charge is -2.17. The van der Waals surface area contributed by atoms with Gasteiger partial charge in [-0.2, -0.15) is 5.26 Å². The molecule has 9 nitrogen and oxygen atoms in total. The molecule has 2 aromatic carbocycles. The SMILES string of the molecule is N#Cc1ccc(C(=O)Nc2cccc(CO[C@H](C(=O)O)[C@H](N)C(=O)O)c2)cc1. The van der Waals surface area contributed by atoms with Crippen molar-refractivity contribution in [1.29, 1.82) is 5.26 Å². The second-order valence-electron chi connectivity index (χ2n) is 5.78. The zero-order valence-electron chi connectivity index (χ0n) is 14.5. The van der Waals surface area contributed by atoms with E-state index >= 15 is 0 Å². The van der Waals surface area contributed by atoms with E-state index in [1.54, 1.807) is 24.3 Å². The average Bonchev–Trinajstić information content (AvgIpc) is 2.68. The standard InChI is InChI=1S/C19H17N3O6/c20-9-11-4-6-13(7-5-11)17(23)22-14-3-1-2-12(8-14)10-28-16(19(26)27)15(21)18(24)25/h1-8,15-16H,10,21H2,(H,22,23)(H,24,25)(H,26,27)/t15-,16-/m0/s1. The van der Waals surface area contributed by atoms with Gasteiger partial charge in [0.2, 0.25) is 0 Å². The van der Waals surface area contributed by atoms with Gasteiger partial charge >= 0.3 is 11.9 Å². The maximum Gasteiger partial charge on any atom is 0.335 e. The highest BCUT2D eigenvalue weighted by atomic mass is 16.5. The Bertz CT molecular complexity index is 920. The van der Waals surface area contributed by atoms with E-state index < -0.39 is 24.1 Å². The Morgan fingerprint density at radius 3 is 2.36 bits per heavy atom. The number of nitrogens with one attached hydrogen (secondary N) is 1. The van der Waals surface area contributed by atoms with Gasteiger partial charge in [0.25, 0.3) is 5.91 Å². The highest BCUT2D eigenvalue weighted by Crippen LogP contribution is 2.15. The van der Waals surface area contributed by atoms with Crippen LogP contribution in [0, 0.1) is 11.3 Å². The fraction of sp³-hybridized carbons (Fsp3) is 0.158. The number of carbonyl (C=O) groups excluding carboxylic acids is 1. The molecule has 0 fully saturated rings. The summed E-state index contributed by atoms with van der Waals surface area (Å²) in [5, 5.41) is 29.4. The van der Waals surface area contributed by atoms with E-state index in [9.17, 15) is 14.4 Å². The van der Waals surface area contributed by atoms with E-state index in [-0.39, 0.29) is 12.5 Å². The summed E-state index contributed by atoms with van der Waals surface area (Å²) in [5.41, 5.74) is 7.07. The van der Waals surface area contributed by atoms with Gasteiger partial charge in [-0.1, -0.05) is 12.1 Å². The Morgan fingerprint density at radius 2 is 1.79 bits per heavy atom. The zero-order chi connectivity index (χ0) is 20.7. The summed E-state index contributed by atoms with van der Waals surface area (Å²) in [4.78, 5) is 34.3. The monoisotopic (exact) mass is 383 g/mol. The number of nitriles is 1. The Labute approximate surface area is 160 Å². The summed E-state index contributed by atoms with van der Waals surface area (Å²) >= 11 is 0. The number of carboxylic acids is 2. The summed E-state index contributed by atoms with van der Waals surface area (Å²) in [6, 6.07) is 12.8. The van der Waals surface area contributed by atoms with Crippen LogP contribution in [-0.2, 0) is 20.9 Å². The average molecular weight is 383 g/mol. The molecule has 0 aliphatic heterocycles. The van der Waals surface area contributed by atoms with Crippen molar-refractivity contribution in [2.75, 3.05) is 5.32 Å². The number of amides is 1. The molecule has 0 spiro atoms. The van der Waals surface area contributed by atoms with Gasteiger partial charge in [0.1, 0.15) is 6.04 Å². The number of hydrogen-bond acceptors (Lipinski definition) is 6. The van der Waals surface area contributed by atoms with Crippen LogP contribution in [0.4, 0.5) is 5.69 Å². The van der Waals surface area contributed by atoms with Crippen LogP contribution >= 0.6 is 0 Å². The molecule has 9 heteroatoms. The molecule has 0 saturated carbocycles. The normalized spacial score (nSPS) is 12.4. The second-order valence-corrected chi connectivity index (χ2v) is 5.78. The first-order valence-electron chi connectivity index (χ1n) is 8.05. The third kappa shape index (κ3) is 5.38.